The highest BCUT2D eigenvalue weighted by Crippen LogP contribution is 2.46. The molecule has 0 bridgehead atoms. The lowest BCUT2D eigenvalue weighted by Gasteiger charge is -2.19. The van der Waals surface area contributed by atoms with E-state index in [1.807, 2.05) is 30.3 Å². The van der Waals surface area contributed by atoms with Gasteiger partial charge in [0.25, 0.3) is 0 Å². The molecule has 0 amide bonds. The normalized spacial score (nSPS) is 11.7. The topological polar surface area (TPSA) is 57.2 Å². The Morgan fingerprint density at radius 1 is 0.783 bits per heavy atom. The van der Waals surface area contributed by atoms with Gasteiger partial charge in [0.15, 0.2) is 11.5 Å². The van der Waals surface area contributed by atoms with Gasteiger partial charge in [0.1, 0.15) is 5.75 Å². The number of hydrogen-bond acceptors (Lipinski definition) is 5. The first-order valence-electron chi connectivity index (χ1n) is 7.22. The van der Waals surface area contributed by atoms with Crippen molar-refractivity contribution in [1.82, 2.24) is 0 Å². The molecule has 0 radical (unpaired) electrons. The fraction of sp³-hybridized carbons (Fsp3) is 0.333. The second-order valence-corrected chi connectivity index (χ2v) is 5.01. The number of benzene rings is 2. The van der Waals surface area contributed by atoms with Crippen LogP contribution in [-0.4, -0.2) is 33.5 Å². The zero-order valence-corrected chi connectivity index (χ0v) is 14.0. The van der Waals surface area contributed by atoms with E-state index in [0.29, 0.717) is 23.0 Å². The molecular weight excluding hydrogens is 296 g/mol. The quantitative estimate of drug-likeness (QED) is 0.884. The molecule has 0 aliphatic carbocycles. The molecule has 0 saturated carbocycles. The largest absolute Gasteiger partial charge is 0.497 e. The molecule has 5 heteroatoms. The van der Waals surface area contributed by atoms with Crippen LogP contribution in [-0.2, 0) is 0 Å². The molecular formula is C18H22O5. The molecule has 1 unspecified atom stereocenters. The fourth-order valence-electron chi connectivity index (χ4n) is 2.57. The van der Waals surface area contributed by atoms with Gasteiger partial charge in [-0.1, -0.05) is 6.07 Å². The number of ether oxygens (including phenoxy) is 4. The second-order valence-electron chi connectivity index (χ2n) is 5.01. The van der Waals surface area contributed by atoms with Crippen LogP contribution in [0.1, 0.15) is 18.6 Å². The van der Waals surface area contributed by atoms with Gasteiger partial charge in [0.05, 0.1) is 34.5 Å². The van der Waals surface area contributed by atoms with Gasteiger partial charge in [0, 0.05) is 5.56 Å². The van der Waals surface area contributed by atoms with Crippen molar-refractivity contribution in [2.45, 2.75) is 13.0 Å². The highest BCUT2D eigenvalue weighted by atomic mass is 16.5. The van der Waals surface area contributed by atoms with E-state index in [1.54, 1.807) is 35.4 Å². The van der Waals surface area contributed by atoms with E-state index < -0.39 is 6.10 Å². The van der Waals surface area contributed by atoms with E-state index in [-0.39, 0.29) is 0 Å². The molecule has 0 saturated heterocycles. The van der Waals surface area contributed by atoms with Crippen molar-refractivity contribution < 1.29 is 24.1 Å². The SMILES string of the molecule is COc1ccc(-c2ccc(OC)c(OC)c2OC)c(C(C)O)c1. The third kappa shape index (κ3) is 3.19. The van der Waals surface area contributed by atoms with Crippen LogP contribution in [0.2, 0.25) is 0 Å². The van der Waals surface area contributed by atoms with Crippen molar-refractivity contribution in [3.63, 3.8) is 0 Å². The van der Waals surface area contributed by atoms with Crippen molar-refractivity contribution in [3.8, 4) is 34.1 Å². The van der Waals surface area contributed by atoms with Crippen LogP contribution in [0.4, 0.5) is 0 Å². The van der Waals surface area contributed by atoms with E-state index in [4.69, 9.17) is 18.9 Å². The maximum absolute atomic E-state index is 10.1. The predicted molar refractivity (Wildman–Crippen MR) is 88.7 cm³/mol. The number of aliphatic hydroxyl groups excluding tert-OH is 1. The average molecular weight is 318 g/mol. The minimum absolute atomic E-state index is 0.514. The molecule has 0 aromatic heterocycles. The van der Waals surface area contributed by atoms with Crippen LogP contribution < -0.4 is 18.9 Å². The zero-order chi connectivity index (χ0) is 17.0. The van der Waals surface area contributed by atoms with Gasteiger partial charge >= 0.3 is 0 Å². The van der Waals surface area contributed by atoms with Gasteiger partial charge in [-0.2, -0.15) is 0 Å². The summed E-state index contributed by atoms with van der Waals surface area (Å²) in [7, 11) is 6.31. The minimum Gasteiger partial charge on any atom is -0.497 e. The average Bonchev–Trinajstić information content (AvgIpc) is 2.59. The minimum atomic E-state index is -0.655. The van der Waals surface area contributed by atoms with Gasteiger partial charge in [-0.25, -0.2) is 0 Å². The summed E-state index contributed by atoms with van der Waals surface area (Å²) in [6, 6.07) is 9.25. The summed E-state index contributed by atoms with van der Waals surface area (Å²) in [5.41, 5.74) is 2.40. The van der Waals surface area contributed by atoms with E-state index >= 15 is 0 Å². The molecule has 0 heterocycles. The summed E-state index contributed by atoms with van der Waals surface area (Å²) in [6.07, 6.45) is -0.655. The first kappa shape index (κ1) is 17.0. The number of rotatable bonds is 6. The lowest BCUT2D eigenvalue weighted by Crippen LogP contribution is -2.00. The molecule has 0 aliphatic heterocycles. The monoisotopic (exact) mass is 318 g/mol. The lowest BCUT2D eigenvalue weighted by atomic mass is 9.95. The Hall–Kier alpha value is -2.40. The standard InChI is InChI=1S/C18H22O5/c1-11(19)15-10-12(20-2)6-7-13(15)14-8-9-16(21-3)18(23-5)17(14)22-4/h6-11,19H,1-5H3. The summed E-state index contributed by atoms with van der Waals surface area (Å²) in [6.45, 7) is 1.71. The van der Waals surface area contributed by atoms with Crippen molar-refractivity contribution in [2.24, 2.45) is 0 Å². The number of aliphatic hydroxyl groups is 1. The lowest BCUT2D eigenvalue weighted by molar-refractivity contribution is 0.199. The van der Waals surface area contributed by atoms with Gasteiger partial charge in [-0.15, -0.1) is 0 Å². The van der Waals surface area contributed by atoms with Gasteiger partial charge in [-0.3, -0.25) is 0 Å². The Labute approximate surface area is 136 Å². The summed E-state index contributed by atoms with van der Waals surface area (Å²) in [4.78, 5) is 0. The van der Waals surface area contributed by atoms with Gasteiger partial charge < -0.3 is 24.1 Å². The molecule has 5 nitrogen and oxygen atoms in total. The molecule has 0 spiro atoms. The molecule has 124 valence electrons. The van der Waals surface area contributed by atoms with Crippen LogP contribution in [0.5, 0.6) is 23.0 Å². The maximum Gasteiger partial charge on any atom is 0.203 e. The summed E-state index contributed by atoms with van der Waals surface area (Å²) in [5, 5.41) is 10.1. The van der Waals surface area contributed by atoms with E-state index in [9.17, 15) is 5.11 Å². The first-order valence-corrected chi connectivity index (χ1v) is 7.22. The predicted octanol–water partition coefficient (Wildman–Crippen LogP) is 3.44. The van der Waals surface area contributed by atoms with Crippen LogP contribution in [0.25, 0.3) is 11.1 Å². The molecule has 1 N–H and O–H groups in total. The fourth-order valence-corrected chi connectivity index (χ4v) is 2.57. The third-order valence-corrected chi connectivity index (χ3v) is 3.70. The van der Waals surface area contributed by atoms with E-state index in [2.05, 4.69) is 0 Å². The van der Waals surface area contributed by atoms with Crippen molar-refractivity contribution in [1.29, 1.82) is 0 Å². The Balaban J connectivity index is 2.71. The molecule has 0 aliphatic rings. The van der Waals surface area contributed by atoms with Crippen LogP contribution >= 0.6 is 0 Å². The second kappa shape index (κ2) is 7.24. The smallest absolute Gasteiger partial charge is 0.203 e. The van der Waals surface area contributed by atoms with Gasteiger partial charge in [-0.05, 0) is 42.3 Å². The van der Waals surface area contributed by atoms with Crippen molar-refractivity contribution in [3.05, 3.63) is 35.9 Å². The van der Waals surface area contributed by atoms with Crippen LogP contribution in [0.15, 0.2) is 30.3 Å². The number of methoxy groups -OCH3 is 4. The highest BCUT2D eigenvalue weighted by Gasteiger charge is 2.20. The zero-order valence-electron chi connectivity index (χ0n) is 14.0. The van der Waals surface area contributed by atoms with Crippen LogP contribution in [0.3, 0.4) is 0 Å². The Morgan fingerprint density at radius 3 is 1.96 bits per heavy atom. The van der Waals surface area contributed by atoms with Crippen molar-refractivity contribution in [2.75, 3.05) is 28.4 Å². The van der Waals surface area contributed by atoms with E-state index in [0.717, 1.165) is 16.7 Å². The highest BCUT2D eigenvalue weighted by molar-refractivity contribution is 5.79. The molecule has 1 atom stereocenters. The van der Waals surface area contributed by atoms with Gasteiger partial charge in [0.2, 0.25) is 5.75 Å². The molecule has 2 aromatic carbocycles. The Kier molecular flexibility index (Phi) is 5.34. The summed E-state index contributed by atoms with van der Waals surface area (Å²) in [5.74, 6) is 2.34. The Morgan fingerprint density at radius 2 is 1.43 bits per heavy atom. The third-order valence-electron chi connectivity index (χ3n) is 3.70. The molecule has 23 heavy (non-hydrogen) atoms. The van der Waals surface area contributed by atoms with Crippen molar-refractivity contribution >= 4 is 0 Å². The number of hydrogen-bond donors (Lipinski definition) is 1. The van der Waals surface area contributed by atoms with E-state index in [1.165, 1.54) is 0 Å². The summed E-state index contributed by atoms with van der Waals surface area (Å²) < 4.78 is 21.5. The Bertz CT molecular complexity index is 679. The maximum atomic E-state index is 10.1. The molecule has 0 fully saturated rings. The van der Waals surface area contributed by atoms with Crippen LogP contribution in [0, 0.1) is 0 Å². The molecule has 2 rings (SSSR count). The molecule has 2 aromatic rings. The summed E-state index contributed by atoms with van der Waals surface area (Å²) >= 11 is 0. The first-order chi connectivity index (χ1) is 11.1.